The van der Waals surface area contributed by atoms with E-state index in [1.165, 1.54) is 5.56 Å². The van der Waals surface area contributed by atoms with E-state index in [1.807, 2.05) is 6.07 Å². The van der Waals surface area contributed by atoms with Crippen molar-refractivity contribution in [2.75, 3.05) is 20.8 Å². The summed E-state index contributed by atoms with van der Waals surface area (Å²) in [6.07, 6.45) is 3.35. The molecule has 0 radical (unpaired) electrons. The lowest BCUT2D eigenvalue weighted by Crippen LogP contribution is -2.22. The highest BCUT2D eigenvalue weighted by molar-refractivity contribution is 9.10. The number of nitrogens with one attached hydrogen (secondary N) is 1. The zero-order valence-corrected chi connectivity index (χ0v) is 13.8. The van der Waals surface area contributed by atoms with Gasteiger partial charge in [0.25, 0.3) is 0 Å². The van der Waals surface area contributed by atoms with Gasteiger partial charge in [0, 0.05) is 11.6 Å². The number of rotatable bonds is 8. The second-order valence-corrected chi connectivity index (χ2v) is 5.29. The number of ether oxygens (including phenoxy) is 2. The van der Waals surface area contributed by atoms with Crippen LogP contribution in [0.25, 0.3) is 0 Å². The van der Waals surface area contributed by atoms with Gasteiger partial charge in [-0.25, -0.2) is 0 Å². The van der Waals surface area contributed by atoms with Crippen molar-refractivity contribution in [1.29, 1.82) is 0 Å². The molecule has 0 heterocycles. The van der Waals surface area contributed by atoms with Gasteiger partial charge >= 0.3 is 0 Å². The van der Waals surface area contributed by atoms with Crippen molar-refractivity contribution >= 4 is 15.9 Å². The molecule has 1 aromatic carbocycles. The molecule has 1 aromatic rings. The predicted molar refractivity (Wildman–Crippen MR) is 83.2 cm³/mol. The third kappa shape index (κ3) is 4.11. The first kappa shape index (κ1) is 16.3. The molecule has 1 rings (SSSR count). The maximum atomic E-state index is 5.56. The molecule has 1 N–H and O–H groups in total. The number of methoxy groups -OCH3 is 2. The molecule has 0 aromatic heterocycles. The van der Waals surface area contributed by atoms with Gasteiger partial charge < -0.3 is 14.8 Å². The zero-order chi connectivity index (χ0) is 14.3. The van der Waals surface area contributed by atoms with Crippen molar-refractivity contribution in [1.82, 2.24) is 5.32 Å². The summed E-state index contributed by atoms with van der Waals surface area (Å²) in [5, 5.41) is 3.58. The van der Waals surface area contributed by atoms with Crippen molar-refractivity contribution in [3.8, 4) is 11.5 Å². The second-order valence-electron chi connectivity index (χ2n) is 4.50. The molecule has 1 unspecified atom stereocenters. The van der Waals surface area contributed by atoms with E-state index in [4.69, 9.17) is 9.47 Å². The average Bonchev–Trinajstić information content (AvgIpc) is 2.43. The zero-order valence-electron chi connectivity index (χ0n) is 12.3. The maximum Gasteiger partial charge on any atom is 0.141 e. The van der Waals surface area contributed by atoms with Crippen LogP contribution in [0.15, 0.2) is 16.6 Å². The van der Waals surface area contributed by atoms with E-state index in [1.54, 1.807) is 14.2 Å². The Labute approximate surface area is 124 Å². The minimum Gasteiger partial charge on any atom is -0.495 e. The molecule has 0 aliphatic heterocycles. The summed E-state index contributed by atoms with van der Waals surface area (Å²) < 4.78 is 11.8. The van der Waals surface area contributed by atoms with E-state index in [0.717, 1.165) is 41.8 Å². The summed E-state index contributed by atoms with van der Waals surface area (Å²) in [5.41, 5.74) is 1.19. The Hall–Kier alpha value is -0.740. The van der Waals surface area contributed by atoms with Gasteiger partial charge in [-0.3, -0.25) is 0 Å². The first-order chi connectivity index (χ1) is 9.19. The topological polar surface area (TPSA) is 30.5 Å². The summed E-state index contributed by atoms with van der Waals surface area (Å²) >= 11 is 3.56. The first-order valence-electron chi connectivity index (χ1n) is 6.83. The van der Waals surface area contributed by atoms with Crippen LogP contribution in [0, 0.1) is 0 Å². The van der Waals surface area contributed by atoms with Gasteiger partial charge in [-0.15, -0.1) is 0 Å². The summed E-state index contributed by atoms with van der Waals surface area (Å²) in [5.74, 6) is 1.66. The predicted octanol–water partition coefficient (Wildman–Crippen LogP) is 4.31. The average molecular weight is 330 g/mol. The SMILES string of the molecule is CCCNC(CCC)c1ccc(OC)c(Br)c1OC. The smallest absolute Gasteiger partial charge is 0.141 e. The lowest BCUT2D eigenvalue weighted by molar-refractivity contribution is 0.376. The molecule has 0 bridgehead atoms. The molecule has 3 nitrogen and oxygen atoms in total. The first-order valence-corrected chi connectivity index (χ1v) is 7.62. The molecule has 1 atom stereocenters. The summed E-state index contributed by atoms with van der Waals surface area (Å²) in [6, 6.07) is 4.39. The Morgan fingerprint density at radius 3 is 2.42 bits per heavy atom. The van der Waals surface area contributed by atoms with Gasteiger partial charge in [-0.05, 0) is 47.4 Å². The van der Waals surface area contributed by atoms with Crippen LogP contribution in [-0.4, -0.2) is 20.8 Å². The van der Waals surface area contributed by atoms with Crippen molar-refractivity contribution in [2.45, 2.75) is 39.2 Å². The van der Waals surface area contributed by atoms with Crippen LogP contribution in [0.4, 0.5) is 0 Å². The molecule has 0 fully saturated rings. The van der Waals surface area contributed by atoms with Crippen LogP contribution in [0.3, 0.4) is 0 Å². The lowest BCUT2D eigenvalue weighted by atomic mass is 10.0. The molecule has 0 saturated carbocycles. The van der Waals surface area contributed by atoms with Crippen LogP contribution in [-0.2, 0) is 0 Å². The van der Waals surface area contributed by atoms with Crippen molar-refractivity contribution in [3.05, 3.63) is 22.2 Å². The van der Waals surface area contributed by atoms with Gasteiger partial charge in [0.2, 0.25) is 0 Å². The highest BCUT2D eigenvalue weighted by atomic mass is 79.9. The van der Waals surface area contributed by atoms with Crippen LogP contribution in [0.5, 0.6) is 11.5 Å². The Morgan fingerprint density at radius 2 is 1.89 bits per heavy atom. The normalized spacial score (nSPS) is 12.3. The van der Waals surface area contributed by atoms with E-state index >= 15 is 0 Å². The molecule has 0 aliphatic carbocycles. The van der Waals surface area contributed by atoms with Crippen LogP contribution in [0.2, 0.25) is 0 Å². The fraction of sp³-hybridized carbons (Fsp3) is 0.600. The fourth-order valence-corrected chi connectivity index (χ4v) is 2.85. The van der Waals surface area contributed by atoms with E-state index in [-0.39, 0.29) is 0 Å². The largest absolute Gasteiger partial charge is 0.495 e. The van der Waals surface area contributed by atoms with Crippen molar-refractivity contribution in [2.24, 2.45) is 0 Å². The molecular weight excluding hydrogens is 306 g/mol. The number of halogens is 1. The van der Waals surface area contributed by atoms with Gasteiger partial charge in [-0.2, -0.15) is 0 Å². The third-order valence-electron chi connectivity index (χ3n) is 3.11. The number of hydrogen-bond acceptors (Lipinski definition) is 3. The summed E-state index contributed by atoms with van der Waals surface area (Å²) in [6.45, 7) is 5.39. The Balaban J connectivity index is 3.10. The molecule has 108 valence electrons. The van der Waals surface area contributed by atoms with Gasteiger partial charge in [0.05, 0.1) is 14.2 Å². The van der Waals surface area contributed by atoms with Crippen LogP contribution in [0.1, 0.15) is 44.7 Å². The Kier molecular flexibility index (Phi) is 7.24. The number of hydrogen-bond donors (Lipinski definition) is 1. The Bertz CT molecular complexity index is 396. The number of benzene rings is 1. The van der Waals surface area contributed by atoms with Crippen LogP contribution < -0.4 is 14.8 Å². The molecule has 19 heavy (non-hydrogen) atoms. The minimum atomic E-state index is 0.321. The van der Waals surface area contributed by atoms with Crippen LogP contribution >= 0.6 is 15.9 Å². The standard InChI is InChI=1S/C15H24BrNO2/c1-5-7-12(17-10-6-2)11-8-9-13(18-3)14(16)15(11)19-4/h8-9,12,17H,5-7,10H2,1-4H3. The van der Waals surface area contributed by atoms with E-state index in [9.17, 15) is 0 Å². The Morgan fingerprint density at radius 1 is 1.16 bits per heavy atom. The lowest BCUT2D eigenvalue weighted by Gasteiger charge is -2.22. The van der Waals surface area contributed by atoms with E-state index in [2.05, 4.69) is 41.2 Å². The molecule has 0 spiro atoms. The molecule has 0 saturated heterocycles. The fourth-order valence-electron chi connectivity index (χ4n) is 2.17. The quantitative estimate of drug-likeness (QED) is 0.770. The van der Waals surface area contributed by atoms with Gasteiger partial charge in [0.1, 0.15) is 16.0 Å². The molecule has 0 amide bonds. The minimum absolute atomic E-state index is 0.321. The van der Waals surface area contributed by atoms with Crippen molar-refractivity contribution < 1.29 is 9.47 Å². The van der Waals surface area contributed by atoms with Crippen molar-refractivity contribution in [3.63, 3.8) is 0 Å². The monoisotopic (exact) mass is 329 g/mol. The molecular formula is C15H24BrNO2. The van der Waals surface area contributed by atoms with Gasteiger partial charge in [0.15, 0.2) is 0 Å². The summed E-state index contributed by atoms with van der Waals surface area (Å²) in [4.78, 5) is 0. The second kappa shape index (κ2) is 8.43. The maximum absolute atomic E-state index is 5.56. The molecule has 0 aliphatic rings. The van der Waals surface area contributed by atoms with Gasteiger partial charge in [-0.1, -0.05) is 20.3 Å². The summed E-state index contributed by atoms with van der Waals surface area (Å²) in [7, 11) is 3.37. The van der Waals surface area contributed by atoms with E-state index < -0.39 is 0 Å². The van der Waals surface area contributed by atoms with E-state index in [0.29, 0.717) is 6.04 Å². The highest BCUT2D eigenvalue weighted by Crippen LogP contribution is 2.40. The third-order valence-corrected chi connectivity index (χ3v) is 3.86. The highest BCUT2D eigenvalue weighted by Gasteiger charge is 2.19. The molecule has 4 heteroatoms.